The summed E-state index contributed by atoms with van der Waals surface area (Å²) in [5, 5.41) is 11.8. The topological polar surface area (TPSA) is 78.3 Å². The Kier molecular flexibility index (Phi) is 5.09. The standard InChI is InChI=1S/C13H22N4O2/c1-8(2)17(5)12-7-11(15-10(4)16-12)14-9(3)6-13(18)19/h7-9H,6H2,1-5H3,(H,18,19)(H,14,15,16). The highest BCUT2D eigenvalue weighted by Crippen LogP contribution is 2.17. The third-order valence-corrected chi connectivity index (χ3v) is 2.84. The molecule has 1 aromatic rings. The molecule has 0 saturated carbocycles. The average Bonchev–Trinajstić information content (AvgIpc) is 2.25. The largest absolute Gasteiger partial charge is 0.481 e. The number of carboxylic acid groups (broad SMARTS) is 1. The SMILES string of the molecule is Cc1nc(NC(C)CC(=O)O)cc(N(C)C(C)C)n1. The van der Waals surface area contributed by atoms with Crippen LogP contribution in [0.2, 0.25) is 0 Å². The second-order valence-corrected chi connectivity index (χ2v) is 5.01. The summed E-state index contributed by atoms with van der Waals surface area (Å²) in [6.07, 6.45) is 0.0540. The van der Waals surface area contributed by atoms with Gasteiger partial charge < -0.3 is 15.3 Å². The molecule has 1 heterocycles. The minimum Gasteiger partial charge on any atom is -0.481 e. The molecule has 0 aliphatic carbocycles. The summed E-state index contributed by atoms with van der Waals surface area (Å²) in [4.78, 5) is 21.4. The first-order chi connectivity index (χ1) is 8.79. The Morgan fingerprint density at radius 1 is 1.42 bits per heavy atom. The number of aryl methyl sites for hydroxylation is 1. The molecule has 1 rings (SSSR count). The smallest absolute Gasteiger partial charge is 0.305 e. The Labute approximate surface area is 113 Å². The molecule has 6 nitrogen and oxygen atoms in total. The third-order valence-electron chi connectivity index (χ3n) is 2.84. The predicted octanol–water partition coefficient (Wildman–Crippen LogP) is 1.90. The van der Waals surface area contributed by atoms with Crippen LogP contribution in [0.3, 0.4) is 0 Å². The Balaban J connectivity index is 2.87. The third kappa shape index (κ3) is 4.73. The van der Waals surface area contributed by atoms with E-state index in [1.165, 1.54) is 0 Å². The van der Waals surface area contributed by atoms with E-state index in [0.717, 1.165) is 5.82 Å². The Bertz CT molecular complexity index is 448. The number of aliphatic carboxylic acids is 1. The number of carbonyl (C=O) groups is 1. The van der Waals surface area contributed by atoms with Crippen LogP contribution in [0.25, 0.3) is 0 Å². The van der Waals surface area contributed by atoms with Crippen molar-refractivity contribution in [3.63, 3.8) is 0 Å². The second-order valence-electron chi connectivity index (χ2n) is 5.01. The molecule has 0 aliphatic rings. The molecule has 0 spiro atoms. The van der Waals surface area contributed by atoms with Crippen LogP contribution in [0.4, 0.5) is 11.6 Å². The van der Waals surface area contributed by atoms with Crippen LogP contribution < -0.4 is 10.2 Å². The molecule has 0 radical (unpaired) electrons. The molecule has 106 valence electrons. The minimum absolute atomic E-state index is 0.0540. The number of hydrogen-bond acceptors (Lipinski definition) is 5. The van der Waals surface area contributed by atoms with E-state index in [1.807, 2.05) is 31.9 Å². The van der Waals surface area contributed by atoms with Crippen LogP contribution in [0.15, 0.2) is 6.07 Å². The lowest BCUT2D eigenvalue weighted by atomic mass is 10.2. The van der Waals surface area contributed by atoms with E-state index in [-0.39, 0.29) is 12.5 Å². The summed E-state index contributed by atoms with van der Waals surface area (Å²) >= 11 is 0. The van der Waals surface area contributed by atoms with E-state index in [4.69, 9.17) is 5.11 Å². The van der Waals surface area contributed by atoms with E-state index >= 15 is 0 Å². The highest BCUT2D eigenvalue weighted by molar-refractivity contribution is 5.68. The van der Waals surface area contributed by atoms with Crippen LogP contribution in [0.1, 0.15) is 33.0 Å². The zero-order valence-electron chi connectivity index (χ0n) is 12.1. The number of rotatable bonds is 6. The van der Waals surface area contributed by atoms with Gasteiger partial charge >= 0.3 is 5.97 Å². The molecule has 6 heteroatoms. The molecule has 1 unspecified atom stereocenters. The number of nitrogens with zero attached hydrogens (tertiary/aromatic N) is 3. The highest BCUT2D eigenvalue weighted by atomic mass is 16.4. The molecule has 2 N–H and O–H groups in total. The fourth-order valence-corrected chi connectivity index (χ4v) is 1.64. The molecule has 1 aromatic heterocycles. The maximum absolute atomic E-state index is 10.7. The highest BCUT2D eigenvalue weighted by Gasteiger charge is 2.12. The summed E-state index contributed by atoms with van der Waals surface area (Å²) in [6.45, 7) is 7.80. The van der Waals surface area contributed by atoms with Gasteiger partial charge in [-0.05, 0) is 27.7 Å². The van der Waals surface area contributed by atoms with Crippen molar-refractivity contribution in [1.29, 1.82) is 0 Å². The fraction of sp³-hybridized carbons (Fsp3) is 0.615. The van der Waals surface area contributed by atoms with Crippen molar-refractivity contribution < 1.29 is 9.90 Å². The van der Waals surface area contributed by atoms with Gasteiger partial charge in [0.2, 0.25) is 0 Å². The van der Waals surface area contributed by atoms with Crippen molar-refractivity contribution in [3.8, 4) is 0 Å². The predicted molar refractivity (Wildman–Crippen MR) is 75.6 cm³/mol. The van der Waals surface area contributed by atoms with E-state index in [9.17, 15) is 4.79 Å². The summed E-state index contributed by atoms with van der Waals surface area (Å²) in [5.74, 6) is 1.32. The van der Waals surface area contributed by atoms with Crippen molar-refractivity contribution in [2.75, 3.05) is 17.3 Å². The first-order valence-electron chi connectivity index (χ1n) is 6.36. The quantitative estimate of drug-likeness (QED) is 0.819. The van der Waals surface area contributed by atoms with Crippen molar-refractivity contribution in [1.82, 2.24) is 9.97 Å². The van der Waals surface area contributed by atoms with Crippen LogP contribution in [-0.4, -0.2) is 40.2 Å². The first kappa shape index (κ1) is 15.2. The van der Waals surface area contributed by atoms with Gasteiger partial charge in [-0.25, -0.2) is 9.97 Å². The monoisotopic (exact) mass is 266 g/mol. The van der Waals surface area contributed by atoms with Gasteiger partial charge in [-0.1, -0.05) is 0 Å². The number of anilines is 2. The first-order valence-corrected chi connectivity index (χ1v) is 6.36. The number of aromatic nitrogens is 2. The number of carboxylic acids is 1. The molecule has 1 atom stereocenters. The number of hydrogen-bond donors (Lipinski definition) is 2. The van der Waals surface area contributed by atoms with Crippen molar-refractivity contribution in [2.24, 2.45) is 0 Å². The molecule has 0 amide bonds. The molecule has 19 heavy (non-hydrogen) atoms. The van der Waals surface area contributed by atoms with Crippen molar-refractivity contribution >= 4 is 17.6 Å². The lowest BCUT2D eigenvalue weighted by molar-refractivity contribution is -0.137. The van der Waals surface area contributed by atoms with Gasteiger partial charge in [0.1, 0.15) is 17.5 Å². The van der Waals surface area contributed by atoms with Gasteiger partial charge in [0.05, 0.1) is 6.42 Å². The summed E-state index contributed by atoms with van der Waals surface area (Å²) < 4.78 is 0. The van der Waals surface area contributed by atoms with Crippen LogP contribution in [0, 0.1) is 6.92 Å². The lowest BCUT2D eigenvalue weighted by Crippen LogP contribution is -2.27. The van der Waals surface area contributed by atoms with Crippen LogP contribution in [0.5, 0.6) is 0 Å². The van der Waals surface area contributed by atoms with E-state index in [0.29, 0.717) is 17.7 Å². The lowest BCUT2D eigenvalue weighted by Gasteiger charge is -2.23. The Hall–Kier alpha value is -1.85. The molecule has 0 fully saturated rings. The van der Waals surface area contributed by atoms with Gasteiger partial charge in [0.25, 0.3) is 0 Å². The van der Waals surface area contributed by atoms with E-state index in [1.54, 1.807) is 0 Å². The van der Waals surface area contributed by atoms with Gasteiger partial charge in [0.15, 0.2) is 0 Å². The molecule has 0 aliphatic heterocycles. The van der Waals surface area contributed by atoms with Gasteiger partial charge in [-0.3, -0.25) is 4.79 Å². The normalized spacial score (nSPS) is 12.3. The second kappa shape index (κ2) is 6.36. The average molecular weight is 266 g/mol. The molecule has 0 aromatic carbocycles. The molecular formula is C13H22N4O2. The maximum Gasteiger partial charge on any atom is 0.305 e. The molecule has 0 bridgehead atoms. The Morgan fingerprint density at radius 3 is 2.58 bits per heavy atom. The summed E-state index contributed by atoms with van der Waals surface area (Å²) in [6, 6.07) is 1.99. The van der Waals surface area contributed by atoms with Crippen LogP contribution in [-0.2, 0) is 4.79 Å². The number of nitrogens with one attached hydrogen (secondary N) is 1. The minimum atomic E-state index is -0.828. The van der Waals surface area contributed by atoms with Crippen molar-refractivity contribution in [2.45, 2.75) is 46.2 Å². The summed E-state index contributed by atoms with van der Waals surface area (Å²) in [5.41, 5.74) is 0. The summed E-state index contributed by atoms with van der Waals surface area (Å²) in [7, 11) is 1.97. The fourth-order valence-electron chi connectivity index (χ4n) is 1.64. The zero-order chi connectivity index (χ0) is 14.6. The zero-order valence-corrected chi connectivity index (χ0v) is 12.1. The van der Waals surface area contributed by atoms with Gasteiger partial charge in [0, 0.05) is 25.2 Å². The van der Waals surface area contributed by atoms with Gasteiger partial charge in [-0.15, -0.1) is 0 Å². The van der Waals surface area contributed by atoms with E-state index in [2.05, 4.69) is 29.1 Å². The molecular weight excluding hydrogens is 244 g/mol. The van der Waals surface area contributed by atoms with Crippen molar-refractivity contribution in [3.05, 3.63) is 11.9 Å². The maximum atomic E-state index is 10.7. The van der Waals surface area contributed by atoms with Crippen LogP contribution >= 0.6 is 0 Å². The van der Waals surface area contributed by atoms with E-state index < -0.39 is 5.97 Å². The Morgan fingerprint density at radius 2 is 2.05 bits per heavy atom. The van der Waals surface area contributed by atoms with Gasteiger partial charge in [-0.2, -0.15) is 0 Å². The molecule has 0 saturated heterocycles.